The van der Waals surface area contributed by atoms with Crippen molar-refractivity contribution in [2.75, 3.05) is 29.7 Å². The van der Waals surface area contributed by atoms with Crippen LogP contribution in [0.2, 0.25) is 45.5 Å². The van der Waals surface area contributed by atoms with Gasteiger partial charge in [0.1, 0.15) is 15.9 Å². The number of nitrogens with one attached hydrogen (secondary N) is 3. The fourth-order valence-electron chi connectivity index (χ4n) is 9.97. The van der Waals surface area contributed by atoms with Crippen LogP contribution in [0.4, 0.5) is 11.4 Å². The van der Waals surface area contributed by atoms with Gasteiger partial charge in [0, 0.05) is 119 Å². The van der Waals surface area contributed by atoms with Gasteiger partial charge in [0.15, 0.2) is 29.5 Å². The van der Waals surface area contributed by atoms with Crippen LogP contribution in [-0.2, 0) is 14.4 Å². The number of amides is 3. The molecule has 9 radical (unpaired) electrons. The van der Waals surface area contributed by atoms with Gasteiger partial charge in [-0.25, -0.2) is 35.4 Å². The van der Waals surface area contributed by atoms with Crippen molar-refractivity contribution in [2.24, 2.45) is 0 Å². The van der Waals surface area contributed by atoms with Crippen LogP contribution in [0, 0.1) is 0 Å². The standard InChI is InChI=1S/C15H14ClN5O3.C10H5Cl2NO2.C10H5Cl2NO.C10H6ClN5O2.C10H5ClN4O2.C8H8ClNO.C6H6ClN.CH2Cl2.CH5P.3B.N3.Na/c16-10-5-4-9-7-11(14-17-19-20-21(14)12(9)8-10)15(22)18-24-13-3-1-2-6-23-13;11-6-2-1-5-3-7(10(14)15)9(12)13-8(5)4-6;11-8-2-1-6-3-7(5-14)10(12)13-9(6)4-8;11-6-2-1-5-3-7(10(17)13-18)9-12-14-15-16(9)8(5)4-6;11-6-2-1-5-3-7(10(16)17)9-12-13-14-15(9)8(5)4-6;1-6(11)10-8-4-2-3-7(9)5-8;7-5-2-1-3-6(8)4-5;2-1-3;1-2;;;;1-3-2;/h4-5,7-8,13H,1-3,6H2,(H,18,22);1-4H,(H,14,15);1-5H;1-4,18H,(H,13,17);1-4H,(H,16,17);2-5H,1H3,(H,10,11);1-4H,8H2;1H2;2H2,1H3;;;;;/q;;;;;;;;;;;;-1;+1/i;;;;;;;;2D;;;;;. The quantitative estimate of drug-likeness (QED) is 0.00635. The Morgan fingerprint density at radius 3 is 1.35 bits per heavy atom. The van der Waals surface area contributed by atoms with Gasteiger partial charge in [-0.1, -0.05) is 154 Å². The number of carboxylic acid groups (broad SMARTS) is 2. The van der Waals surface area contributed by atoms with Crippen LogP contribution in [0.25, 0.3) is 87.4 Å². The van der Waals surface area contributed by atoms with E-state index < -0.39 is 30.0 Å². The fraction of sp³-hybridized carbons (Fsp3) is 0.113. The largest absolute Gasteiger partial charge is 1.00 e. The summed E-state index contributed by atoms with van der Waals surface area (Å²) in [6, 6.07) is 47.9. The van der Waals surface area contributed by atoms with Crippen LogP contribution in [-0.4, -0.2) is 173 Å². The van der Waals surface area contributed by atoms with Crippen molar-refractivity contribution in [3.05, 3.63) is 259 Å². The average molecular weight is 1860 g/mol. The summed E-state index contributed by atoms with van der Waals surface area (Å²) in [5, 5.41) is 71.0. The van der Waals surface area contributed by atoms with E-state index in [4.69, 9.17) is 171 Å². The third kappa shape index (κ3) is 30.1. The number of aromatic nitrogens is 14. The maximum Gasteiger partial charge on any atom is 1.00 e. The predicted molar refractivity (Wildman–Crippen MR) is 465 cm³/mol. The molecule has 1 fully saturated rings. The van der Waals surface area contributed by atoms with Gasteiger partial charge in [0.2, 0.25) is 5.91 Å². The molecule has 32 nitrogen and oxygen atoms in total. The summed E-state index contributed by atoms with van der Waals surface area (Å²) < 4.78 is 15.9. The molecule has 2 atom stereocenters. The van der Waals surface area contributed by atoms with E-state index in [1.807, 2.05) is 12.7 Å². The van der Waals surface area contributed by atoms with Gasteiger partial charge in [-0.3, -0.25) is 29.3 Å². The number of hydroxylamine groups is 2. The second kappa shape index (κ2) is 51.9. The number of carboxylic acids is 2. The minimum atomic E-state index is -1.09. The number of alkyl halides is 2. The molecule has 48 heteroatoms. The van der Waals surface area contributed by atoms with E-state index in [0.29, 0.717) is 113 Å². The minimum absolute atomic E-state index is 0. The summed E-state index contributed by atoms with van der Waals surface area (Å²) in [4.78, 5) is 81.9. The zero-order valence-corrected chi connectivity index (χ0v) is 72.8. The van der Waals surface area contributed by atoms with Gasteiger partial charge in [0.25, 0.3) is 11.8 Å². The Morgan fingerprint density at radius 2 is 0.958 bits per heavy atom. The molecule has 15 aromatic rings. The number of anilines is 2. The molecule has 119 heavy (non-hydrogen) atoms. The summed E-state index contributed by atoms with van der Waals surface area (Å²) >= 11 is 61.7. The molecule has 8 N–H and O–H groups in total. The molecule has 0 bridgehead atoms. The first-order valence-electron chi connectivity index (χ1n) is 32.7. The number of carbonyl (C=O) groups excluding carboxylic acids is 4. The van der Waals surface area contributed by atoms with Crippen molar-refractivity contribution in [1.82, 2.24) is 81.1 Å². The number of aromatic carboxylic acids is 2. The Morgan fingerprint density at radius 1 is 0.571 bits per heavy atom. The van der Waals surface area contributed by atoms with Crippen LogP contribution in [0.1, 0.15) is 78.0 Å². The molecule has 7 aromatic carbocycles. The van der Waals surface area contributed by atoms with Crippen molar-refractivity contribution in [3.8, 4) is 0 Å². The number of halogens is 11. The average Bonchev–Trinajstić information content (AvgIpc) is 1.55. The van der Waals surface area contributed by atoms with Crippen molar-refractivity contribution >= 4 is 281 Å². The number of hydrogen-bond acceptors (Lipinski definition) is 21. The molecule has 0 aliphatic carbocycles. The molecule has 1 aliphatic heterocycles. The number of nitrogens with zero attached hydrogens (tertiary/aromatic N) is 17. The molecule has 1 aliphatic rings. The van der Waals surface area contributed by atoms with Crippen molar-refractivity contribution in [1.29, 1.82) is 1.28 Å². The number of hydrogen-bond donors (Lipinski definition) is 7. The number of ether oxygens (including phenoxy) is 1. The Hall–Kier alpha value is -9.39. The zero-order valence-electron chi connectivity index (χ0n) is 62.5. The molecular formula is C71H56B3Cl11N21NaO11P. The third-order valence-corrected chi connectivity index (χ3v) is 17.0. The van der Waals surface area contributed by atoms with E-state index in [1.165, 1.54) is 37.5 Å². The van der Waals surface area contributed by atoms with Gasteiger partial charge >= 0.3 is 41.5 Å². The molecule has 1 saturated heterocycles. The molecule has 9 heterocycles. The monoisotopic (exact) mass is 1850 g/mol. The van der Waals surface area contributed by atoms with E-state index in [0.717, 1.165) is 46.6 Å². The van der Waals surface area contributed by atoms with Gasteiger partial charge in [-0.2, -0.15) is 13.5 Å². The van der Waals surface area contributed by atoms with E-state index in [2.05, 4.69) is 67.3 Å². The molecule has 8 aromatic heterocycles. The number of carbonyl (C=O) groups is 6. The van der Waals surface area contributed by atoms with Crippen LogP contribution in [0.15, 0.2) is 170 Å². The molecule has 16 rings (SSSR count). The summed E-state index contributed by atoms with van der Waals surface area (Å²) in [7, 11) is 0.333. The first-order chi connectivity index (χ1) is 55.6. The second-order valence-electron chi connectivity index (χ2n) is 22.3. The molecule has 2 unspecified atom stereocenters. The zero-order chi connectivity index (χ0) is 84.7. The maximum absolute atomic E-state index is 12.5. The molecule has 3 amide bonds. The summed E-state index contributed by atoms with van der Waals surface area (Å²) in [5.74, 6) is -3.36. The van der Waals surface area contributed by atoms with Gasteiger partial charge < -0.3 is 37.1 Å². The van der Waals surface area contributed by atoms with Crippen LogP contribution >= 0.6 is 137 Å². The van der Waals surface area contributed by atoms with Crippen molar-refractivity contribution < 1.29 is 83.3 Å². The summed E-state index contributed by atoms with van der Waals surface area (Å²) in [5.41, 5.74) is 29.3. The Bertz CT molecular complexity index is 6070. The minimum Gasteiger partial charge on any atom is -0.478 e. The van der Waals surface area contributed by atoms with E-state index >= 15 is 0 Å². The topological polar surface area (TPSA) is 457 Å². The SMILES string of the molecule is CC(=O)Nc1cccc(Cl)c1.ClCCl.Nc1cccc(Cl)c1.O=C(NO)c1cc2ccc(Cl)cc2n2nnnc12.O=C(NOC1CCCCO1)c1cc2ccc(Cl)cc2n2nnnc12.O=C(O)c1cc2ccc(Cl)cc2n2nnnc12.O=C(O)c1cc2ccc(Cl)cc2nc1Cl.O=Cc1cc2ccc(Cl)cc2nc1Cl.[2H]PC.[B].[B].[B].[N-]=[N+]=[N-].[Na+]. The van der Waals surface area contributed by atoms with Crippen LogP contribution in [0.3, 0.4) is 0 Å². The third-order valence-electron chi connectivity index (χ3n) is 14.8. The number of nitrogens with two attached hydrogens (primary N) is 1. The summed E-state index contributed by atoms with van der Waals surface area (Å²) in [6.07, 6.45) is 3.03. The first-order valence-corrected chi connectivity index (χ1v) is 37.7. The Balaban J connectivity index is 0.000000360. The van der Waals surface area contributed by atoms with Gasteiger partial charge in [-0.15, -0.1) is 47.7 Å². The molecule has 0 saturated carbocycles. The molecule has 0 spiro atoms. The van der Waals surface area contributed by atoms with Gasteiger partial charge in [0.05, 0.1) is 56.5 Å². The second-order valence-corrected chi connectivity index (χ2v) is 26.9. The van der Waals surface area contributed by atoms with E-state index in [1.54, 1.807) is 157 Å². The normalized spacial score (nSPS) is 11.4. The molecular weight excluding hydrogens is 1800 g/mol. The van der Waals surface area contributed by atoms with Crippen molar-refractivity contribution in [3.63, 3.8) is 0 Å². The number of benzene rings is 7. The van der Waals surface area contributed by atoms with Gasteiger partial charge in [-0.05, 0) is 172 Å². The molecule has 603 valence electrons. The number of tetrazole rings is 3. The number of fused-ring (bicyclic) bond motifs is 11. The number of rotatable bonds is 8. The fourth-order valence-corrected chi connectivity index (χ4v) is 11.6. The van der Waals surface area contributed by atoms with E-state index in [-0.39, 0.29) is 104 Å². The Kier molecular flexibility index (Phi) is 44.5. The summed E-state index contributed by atoms with van der Waals surface area (Å²) in [6.45, 7) is 3.91. The smallest absolute Gasteiger partial charge is 0.478 e. The van der Waals surface area contributed by atoms with Crippen molar-refractivity contribution in [2.45, 2.75) is 32.5 Å². The first kappa shape index (κ1) is 102. The van der Waals surface area contributed by atoms with E-state index in [9.17, 15) is 28.8 Å². The number of pyridine rings is 5. The van der Waals surface area contributed by atoms with Crippen LogP contribution < -0.4 is 51.6 Å². The predicted octanol–water partition coefficient (Wildman–Crippen LogP) is 14.3. The Labute approximate surface area is 761 Å². The number of aldehydes is 1. The number of nitrogen functional groups attached to an aromatic ring is 1. The maximum atomic E-state index is 12.5. The van der Waals surface area contributed by atoms with Crippen LogP contribution in [0.5, 0.6) is 0 Å².